The first-order valence-electron chi connectivity index (χ1n) is 9.88. The molecule has 0 aliphatic rings. The molecule has 0 aliphatic carbocycles. The zero-order chi connectivity index (χ0) is 19.1. The lowest BCUT2D eigenvalue weighted by Gasteiger charge is -2.14. The van der Waals surface area contributed by atoms with Crippen LogP contribution in [-0.4, -0.2) is 0 Å². The van der Waals surface area contributed by atoms with Crippen molar-refractivity contribution in [2.75, 3.05) is 5.32 Å². The molecule has 0 spiro atoms. The van der Waals surface area contributed by atoms with Gasteiger partial charge in [0.2, 0.25) is 0 Å². The van der Waals surface area contributed by atoms with Gasteiger partial charge >= 0.3 is 0 Å². The molecule has 3 rings (SSSR count). The molecule has 27 heavy (non-hydrogen) atoms. The van der Waals surface area contributed by atoms with Crippen molar-refractivity contribution in [3.05, 3.63) is 90.5 Å². The zero-order valence-electron chi connectivity index (χ0n) is 16.5. The second kappa shape index (κ2) is 9.23. The summed E-state index contributed by atoms with van der Waals surface area (Å²) in [5.74, 6) is 0. The maximum absolute atomic E-state index is 4.32. The SMILES string of the molecule is C=C(CCCCC)c1ccccc1Nc1ccc(-c2ccc(C)cc2)cc1. The van der Waals surface area contributed by atoms with Gasteiger partial charge in [0.15, 0.2) is 0 Å². The van der Waals surface area contributed by atoms with E-state index >= 15 is 0 Å². The third-order valence-corrected chi connectivity index (χ3v) is 4.94. The summed E-state index contributed by atoms with van der Waals surface area (Å²) in [5.41, 5.74) is 8.42. The second-order valence-electron chi connectivity index (χ2n) is 7.17. The molecule has 0 aliphatic heterocycles. The molecule has 1 heteroatoms. The Morgan fingerprint density at radius 3 is 2.11 bits per heavy atom. The molecule has 138 valence electrons. The average molecular weight is 356 g/mol. The highest BCUT2D eigenvalue weighted by Crippen LogP contribution is 2.30. The summed E-state index contributed by atoms with van der Waals surface area (Å²) in [5, 5.41) is 3.57. The van der Waals surface area contributed by atoms with Crippen molar-refractivity contribution in [3.8, 4) is 11.1 Å². The van der Waals surface area contributed by atoms with E-state index in [4.69, 9.17) is 0 Å². The summed E-state index contributed by atoms with van der Waals surface area (Å²) in [6, 6.07) is 25.8. The quantitative estimate of drug-likeness (QED) is 0.404. The molecule has 0 bridgehead atoms. The maximum Gasteiger partial charge on any atom is 0.0460 e. The van der Waals surface area contributed by atoms with Crippen molar-refractivity contribution < 1.29 is 0 Å². The van der Waals surface area contributed by atoms with Gasteiger partial charge in [0.25, 0.3) is 0 Å². The van der Waals surface area contributed by atoms with Crippen molar-refractivity contribution in [3.63, 3.8) is 0 Å². The standard InChI is InChI=1S/C26H29N/c1-4-5-6-9-21(3)25-10-7-8-11-26(25)27-24-18-16-23(17-19-24)22-14-12-20(2)13-15-22/h7-8,10-19,27H,3-6,9H2,1-2H3. The first-order valence-corrected chi connectivity index (χ1v) is 9.88. The largest absolute Gasteiger partial charge is 0.355 e. The normalized spacial score (nSPS) is 10.6. The fourth-order valence-corrected chi connectivity index (χ4v) is 3.27. The van der Waals surface area contributed by atoms with E-state index in [1.807, 2.05) is 0 Å². The number of allylic oxidation sites excluding steroid dienone is 1. The Kier molecular flexibility index (Phi) is 6.49. The summed E-state index contributed by atoms with van der Waals surface area (Å²) < 4.78 is 0. The van der Waals surface area contributed by atoms with Crippen LogP contribution in [0.1, 0.15) is 43.7 Å². The number of aryl methyl sites for hydroxylation is 1. The summed E-state index contributed by atoms with van der Waals surface area (Å²) in [6.45, 7) is 8.67. The van der Waals surface area contributed by atoms with E-state index in [0.29, 0.717) is 0 Å². The summed E-state index contributed by atoms with van der Waals surface area (Å²) >= 11 is 0. The molecule has 0 heterocycles. The van der Waals surface area contributed by atoms with Crippen LogP contribution in [0.4, 0.5) is 11.4 Å². The fourth-order valence-electron chi connectivity index (χ4n) is 3.27. The van der Waals surface area contributed by atoms with Gasteiger partial charge in [0, 0.05) is 16.9 Å². The molecule has 0 atom stereocenters. The van der Waals surface area contributed by atoms with Crippen LogP contribution < -0.4 is 5.32 Å². The third kappa shape index (κ3) is 5.10. The Morgan fingerprint density at radius 1 is 0.815 bits per heavy atom. The molecule has 0 saturated heterocycles. The monoisotopic (exact) mass is 355 g/mol. The minimum Gasteiger partial charge on any atom is -0.355 e. The summed E-state index contributed by atoms with van der Waals surface area (Å²) in [6.07, 6.45) is 4.75. The highest BCUT2D eigenvalue weighted by molar-refractivity contribution is 5.78. The maximum atomic E-state index is 4.32. The Balaban J connectivity index is 1.74. The van der Waals surface area contributed by atoms with Crippen LogP contribution in [0.3, 0.4) is 0 Å². The number of hydrogen-bond donors (Lipinski definition) is 1. The zero-order valence-corrected chi connectivity index (χ0v) is 16.5. The van der Waals surface area contributed by atoms with E-state index in [1.54, 1.807) is 0 Å². The minimum absolute atomic E-state index is 1.05. The molecule has 0 amide bonds. The lowest BCUT2D eigenvalue weighted by Crippen LogP contribution is -1.95. The van der Waals surface area contributed by atoms with Crippen molar-refractivity contribution >= 4 is 16.9 Å². The van der Waals surface area contributed by atoms with Crippen molar-refractivity contribution in [2.24, 2.45) is 0 Å². The van der Waals surface area contributed by atoms with Gasteiger partial charge in [-0.05, 0) is 54.7 Å². The first-order chi connectivity index (χ1) is 13.2. The molecule has 0 aromatic heterocycles. The first kappa shape index (κ1) is 19.0. The molecular weight excluding hydrogens is 326 g/mol. The van der Waals surface area contributed by atoms with E-state index in [0.717, 1.165) is 17.8 Å². The molecule has 1 nitrogen and oxygen atoms in total. The topological polar surface area (TPSA) is 12.0 Å². The molecule has 0 unspecified atom stereocenters. The van der Waals surface area contributed by atoms with Crippen molar-refractivity contribution in [1.82, 2.24) is 0 Å². The van der Waals surface area contributed by atoms with Crippen LogP contribution in [0, 0.1) is 6.92 Å². The molecule has 1 N–H and O–H groups in total. The molecule has 0 fully saturated rings. The van der Waals surface area contributed by atoms with Crippen molar-refractivity contribution in [2.45, 2.75) is 39.5 Å². The van der Waals surface area contributed by atoms with E-state index in [2.05, 4.69) is 98.5 Å². The minimum atomic E-state index is 1.05. The number of benzene rings is 3. The smallest absolute Gasteiger partial charge is 0.0460 e. The number of hydrogen-bond acceptors (Lipinski definition) is 1. The molecule has 3 aromatic carbocycles. The predicted molar refractivity (Wildman–Crippen MR) is 120 cm³/mol. The molecule has 3 aromatic rings. The Hall–Kier alpha value is -2.80. The van der Waals surface area contributed by atoms with Crippen LogP contribution in [0.15, 0.2) is 79.4 Å². The van der Waals surface area contributed by atoms with Crippen molar-refractivity contribution in [1.29, 1.82) is 0 Å². The Labute approximate surface area is 163 Å². The highest BCUT2D eigenvalue weighted by atomic mass is 14.9. The van der Waals surface area contributed by atoms with E-state index in [9.17, 15) is 0 Å². The summed E-state index contributed by atoms with van der Waals surface area (Å²) in [4.78, 5) is 0. The molecular formula is C26H29N. The highest BCUT2D eigenvalue weighted by Gasteiger charge is 2.06. The fraction of sp³-hybridized carbons (Fsp3) is 0.231. The number of anilines is 2. The van der Waals surface area contributed by atoms with Gasteiger partial charge in [-0.2, -0.15) is 0 Å². The average Bonchev–Trinajstić information content (AvgIpc) is 2.70. The number of rotatable bonds is 8. The lowest BCUT2D eigenvalue weighted by molar-refractivity contribution is 0.736. The van der Waals surface area contributed by atoms with Gasteiger partial charge in [0.1, 0.15) is 0 Å². The second-order valence-corrected chi connectivity index (χ2v) is 7.17. The number of nitrogens with one attached hydrogen (secondary N) is 1. The predicted octanol–water partition coefficient (Wildman–Crippen LogP) is 8.00. The van der Waals surface area contributed by atoms with Gasteiger partial charge in [0.05, 0.1) is 0 Å². The van der Waals surface area contributed by atoms with Crippen LogP contribution in [0.25, 0.3) is 16.7 Å². The molecule has 0 radical (unpaired) electrons. The molecule has 0 saturated carbocycles. The van der Waals surface area contributed by atoms with Gasteiger partial charge in [-0.3, -0.25) is 0 Å². The van der Waals surface area contributed by atoms with Gasteiger partial charge in [-0.15, -0.1) is 0 Å². The van der Waals surface area contributed by atoms with E-state index in [-0.39, 0.29) is 0 Å². The number of para-hydroxylation sites is 1. The van der Waals surface area contributed by atoms with Crippen LogP contribution in [0.2, 0.25) is 0 Å². The lowest BCUT2D eigenvalue weighted by atomic mass is 9.99. The van der Waals surface area contributed by atoms with Gasteiger partial charge in [-0.25, -0.2) is 0 Å². The third-order valence-electron chi connectivity index (χ3n) is 4.94. The summed E-state index contributed by atoms with van der Waals surface area (Å²) in [7, 11) is 0. The van der Waals surface area contributed by atoms with Crippen LogP contribution >= 0.6 is 0 Å². The van der Waals surface area contributed by atoms with Gasteiger partial charge in [-0.1, -0.05) is 86.5 Å². The Bertz CT molecular complexity index is 873. The number of unbranched alkanes of at least 4 members (excludes halogenated alkanes) is 2. The van der Waals surface area contributed by atoms with Crippen LogP contribution in [0.5, 0.6) is 0 Å². The Morgan fingerprint density at radius 2 is 1.44 bits per heavy atom. The van der Waals surface area contributed by atoms with Crippen LogP contribution in [-0.2, 0) is 0 Å². The van der Waals surface area contributed by atoms with E-state index < -0.39 is 0 Å². The van der Waals surface area contributed by atoms with E-state index in [1.165, 1.54) is 47.1 Å². The van der Waals surface area contributed by atoms with Gasteiger partial charge < -0.3 is 5.32 Å².